The van der Waals surface area contributed by atoms with E-state index in [-0.39, 0.29) is 29.5 Å². The van der Waals surface area contributed by atoms with Crippen LogP contribution < -0.4 is 10.2 Å². The number of fused-ring (bicyclic) bond motifs is 2. The van der Waals surface area contributed by atoms with Gasteiger partial charge in [0.15, 0.2) is 5.82 Å². The molecule has 2 aromatic carbocycles. The summed E-state index contributed by atoms with van der Waals surface area (Å²) in [4.78, 5) is 39.5. The minimum atomic E-state index is -1.51. The maximum Gasteiger partial charge on any atom is 0.338 e. The van der Waals surface area contributed by atoms with Crippen LogP contribution in [0.15, 0.2) is 42.7 Å². The Bertz CT molecular complexity index is 1870. The predicted molar refractivity (Wildman–Crippen MR) is 173 cm³/mol. The van der Waals surface area contributed by atoms with Crippen LogP contribution in [0.2, 0.25) is 0 Å². The molecule has 0 radical (unpaired) electrons. The Hall–Kier alpha value is -4.38. The number of halogens is 2. The van der Waals surface area contributed by atoms with E-state index in [1.807, 2.05) is 61.4 Å². The second kappa shape index (κ2) is 11.2. The molecule has 46 heavy (non-hydrogen) atoms. The van der Waals surface area contributed by atoms with Crippen LogP contribution in [-0.2, 0) is 10.2 Å². The van der Waals surface area contributed by atoms with Gasteiger partial charge in [-0.2, -0.15) is 0 Å². The third kappa shape index (κ3) is 4.92. The van der Waals surface area contributed by atoms with Gasteiger partial charge in [-0.25, -0.2) is 23.5 Å². The van der Waals surface area contributed by atoms with Crippen LogP contribution in [0.3, 0.4) is 0 Å². The number of benzene rings is 2. The number of likely N-dealkylation sites (tertiary alicyclic amines) is 1. The Morgan fingerprint density at radius 1 is 1.02 bits per heavy atom. The summed E-state index contributed by atoms with van der Waals surface area (Å²) in [5.74, 6) is -3.27. The molecule has 2 aromatic heterocycles. The van der Waals surface area contributed by atoms with Crippen LogP contribution in [0, 0.1) is 11.6 Å². The van der Waals surface area contributed by atoms with Crippen molar-refractivity contribution in [2.45, 2.75) is 83.3 Å². The molecule has 4 aromatic rings. The first-order chi connectivity index (χ1) is 21.9. The first-order valence-corrected chi connectivity index (χ1v) is 16.0. The second-order valence-corrected chi connectivity index (χ2v) is 13.6. The molecule has 2 N–H and O–H groups in total. The number of pyridine rings is 1. The number of carbonyl (C=O) groups is 2. The van der Waals surface area contributed by atoms with Gasteiger partial charge in [0.25, 0.3) is 0 Å². The van der Waals surface area contributed by atoms with Crippen molar-refractivity contribution in [2.75, 3.05) is 23.3 Å². The number of anilines is 3. The molecule has 0 unspecified atom stereocenters. The van der Waals surface area contributed by atoms with Crippen molar-refractivity contribution in [1.82, 2.24) is 19.4 Å². The molecule has 1 saturated carbocycles. The summed E-state index contributed by atoms with van der Waals surface area (Å²) < 4.78 is 31.0. The molecule has 3 aliphatic rings. The maximum absolute atomic E-state index is 15.0. The number of amides is 1. The number of carbonyl (C=O) groups excluding carboxylic acids is 1. The number of carboxylic acid groups (broad SMARTS) is 1. The average molecular weight is 629 g/mol. The molecule has 7 rings (SSSR count). The van der Waals surface area contributed by atoms with Crippen molar-refractivity contribution in [3.05, 3.63) is 65.5 Å². The molecule has 1 amide bonds. The van der Waals surface area contributed by atoms with E-state index >= 15 is 0 Å². The smallest absolute Gasteiger partial charge is 0.338 e. The Balaban J connectivity index is 1.28. The molecule has 4 heterocycles. The quantitative estimate of drug-likeness (QED) is 0.226. The van der Waals surface area contributed by atoms with Crippen molar-refractivity contribution < 1.29 is 23.5 Å². The Kier molecular flexibility index (Phi) is 7.34. The highest BCUT2D eigenvalue weighted by atomic mass is 19.1. The average Bonchev–Trinajstić information content (AvgIpc) is 3.51. The van der Waals surface area contributed by atoms with E-state index in [2.05, 4.69) is 15.2 Å². The zero-order valence-corrected chi connectivity index (χ0v) is 26.5. The highest BCUT2D eigenvalue weighted by Crippen LogP contribution is 2.48. The molecule has 240 valence electrons. The van der Waals surface area contributed by atoms with Crippen molar-refractivity contribution in [1.29, 1.82) is 0 Å². The third-order valence-corrected chi connectivity index (χ3v) is 9.99. The lowest BCUT2D eigenvalue weighted by molar-refractivity contribution is -0.123. The topological polar surface area (TPSA) is 104 Å². The number of aromatic nitrogens is 3. The number of carboxylic acids is 1. The van der Waals surface area contributed by atoms with Crippen LogP contribution in [-0.4, -0.2) is 61.6 Å². The number of aromatic carboxylic acids is 1. The van der Waals surface area contributed by atoms with Gasteiger partial charge in [-0.15, -0.1) is 0 Å². The monoisotopic (exact) mass is 628 g/mol. The van der Waals surface area contributed by atoms with Gasteiger partial charge in [-0.3, -0.25) is 4.79 Å². The summed E-state index contributed by atoms with van der Waals surface area (Å²) in [5, 5.41) is 12.4. The first-order valence-electron chi connectivity index (χ1n) is 16.0. The van der Waals surface area contributed by atoms with Gasteiger partial charge in [-0.05, 0) is 90.2 Å². The van der Waals surface area contributed by atoms with E-state index in [0.717, 1.165) is 48.8 Å². The summed E-state index contributed by atoms with van der Waals surface area (Å²) in [6.07, 6.45) is 7.35. The largest absolute Gasteiger partial charge is 0.478 e. The first kappa shape index (κ1) is 30.3. The second-order valence-electron chi connectivity index (χ2n) is 13.6. The molecular weight excluding hydrogens is 590 g/mol. The van der Waals surface area contributed by atoms with Crippen molar-refractivity contribution in [3.8, 4) is 11.3 Å². The van der Waals surface area contributed by atoms with E-state index in [9.17, 15) is 23.5 Å². The van der Waals surface area contributed by atoms with Gasteiger partial charge in [-0.1, -0.05) is 18.6 Å². The number of hydrogen-bond acceptors (Lipinski definition) is 6. The summed E-state index contributed by atoms with van der Waals surface area (Å²) in [5.41, 5.74) is 2.82. The van der Waals surface area contributed by atoms with Crippen molar-refractivity contribution in [2.24, 2.45) is 0 Å². The Morgan fingerprint density at radius 2 is 1.76 bits per heavy atom. The number of nitrogens with zero attached hydrogens (tertiary/aromatic N) is 5. The summed E-state index contributed by atoms with van der Waals surface area (Å²) in [7, 11) is 0. The zero-order chi connectivity index (χ0) is 32.5. The molecule has 2 aliphatic heterocycles. The molecule has 1 aliphatic carbocycles. The molecule has 2 fully saturated rings. The Morgan fingerprint density at radius 3 is 2.46 bits per heavy atom. The van der Waals surface area contributed by atoms with Gasteiger partial charge in [0.05, 0.1) is 34.2 Å². The molecule has 0 atom stereocenters. The van der Waals surface area contributed by atoms with E-state index in [1.54, 1.807) is 6.33 Å². The summed E-state index contributed by atoms with van der Waals surface area (Å²) in [6.45, 7) is 10.2. The predicted octanol–water partition coefficient (Wildman–Crippen LogP) is 7.04. The molecule has 0 spiro atoms. The minimum Gasteiger partial charge on any atom is -0.478 e. The molecule has 1 saturated heterocycles. The number of piperidine rings is 1. The highest BCUT2D eigenvalue weighted by molar-refractivity contribution is 6.09. The van der Waals surface area contributed by atoms with E-state index in [0.29, 0.717) is 28.8 Å². The fourth-order valence-corrected chi connectivity index (χ4v) is 7.28. The van der Waals surface area contributed by atoms with Crippen LogP contribution in [0.4, 0.5) is 26.0 Å². The lowest BCUT2D eigenvalue weighted by Gasteiger charge is -2.48. The minimum absolute atomic E-state index is 0.0103. The van der Waals surface area contributed by atoms with Crippen molar-refractivity contribution in [3.63, 3.8) is 0 Å². The van der Waals surface area contributed by atoms with Gasteiger partial charge >= 0.3 is 5.97 Å². The van der Waals surface area contributed by atoms with Crippen LogP contribution in [0.5, 0.6) is 0 Å². The molecule has 0 bridgehead atoms. The highest BCUT2D eigenvalue weighted by Gasteiger charge is 2.50. The lowest BCUT2D eigenvalue weighted by atomic mass is 9.82. The standard InChI is InChI=1S/C35H38F2N6O3/c1-19(2)42-18-38-29-17-27(39-32(31(29)42)40-28-15-23(33(44)45)25(36)16-26(28)37)20-8-9-24-30(12-20)43(34(46)35(24,3)4)22-13-21(14-22)41-10-6-5-7-11-41/h8-9,12,15-19,21-22H,5-7,10-11,13-14H2,1-4H3,(H,39,40)(H,44,45). The number of imidazole rings is 1. The number of nitrogens with one attached hydrogen (secondary N) is 1. The van der Waals surface area contributed by atoms with E-state index in [1.165, 1.54) is 19.3 Å². The van der Waals surface area contributed by atoms with Gasteiger partial charge in [0.1, 0.15) is 17.2 Å². The Labute approximate surface area is 266 Å². The maximum atomic E-state index is 15.0. The fourth-order valence-electron chi connectivity index (χ4n) is 7.28. The molecule has 9 nitrogen and oxygen atoms in total. The van der Waals surface area contributed by atoms with Crippen molar-refractivity contribution >= 4 is 40.1 Å². The van der Waals surface area contributed by atoms with E-state index < -0.39 is 28.6 Å². The SMILES string of the molecule is CC(C)n1cnc2cc(-c3ccc4c(c3)N(C3CC(N5CCCCC5)C3)C(=O)C4(C)C)nc(Nc3cc(C(=O)O)c(F)cc3F)c21. The van der Waals surface area contributed by atoms with Crippen LogP contribution >= 0.6 is 0 Å². The fraction of sp³-hybridized carbons (Fsp3) is 0.429. The summed E-state index contributed by atoms with van der Waals surface area (Å²) >= 11 is 0. The summed E-state index contributed by atoms with van der Waals surface area (Å²) in [6, 6.07) is 9.91. The third-order valence-electron chi connectivity index (χ3n) is 9.99. The normalized spacial score (nSPS) is 21.1. The zero-order valence-electron chi connectivity index (χ0n) is 26.5. The van der Waals surface area contributed by atoms with Gasteiger partial charge in [0.2, 0.25) is 5.91 Å². The lowest BCUT2D eigenvalue weighted by Crippen LogP contribution is -2.57. The number of hydrogen-bond donors (Lipinski definition) is 2. The number of rotatable bonds is 7. The van der Waals surface area contributed by atoms with Crippen LogP contribution in [0.1, 0.15) is 81.8 Å². The van der Waals surface area contributed by atoms with Gasteiger partial charge in [0, 0.05) is 35.4 Å². The molecule has 11 heteroatoms. The van der Waals surface area contributed by atoms with Gasteiger partial charge < -0.3 is 24.8 Å². The van der Waals surface area contributed by atoms with Crippen LogP contribution in [0.25, 0.3) is 22.3 Å². The van der Waals surface area contributed by atoms with E-state index in [4.69, 9.17) is 4.98 Å². The molecular formula is C35H38F2N6O3.